The van der Waals surface area contributed by atoms with E-state index in [1.807, 2.05) is 19.1 Å². The number of nitrogen functional groups attached to an aromatic ring is 1. The van der Waals surface area contributed by atoms with E-state index in [0.29, 0.717) is 12.1 Å². The van der Waals surface area contributed by atoms with Crippen molar-refractivity contribution < 1.29 is 9.53 Å². The van der Waals surface area contributed by atoms with Crippen molar-refractivity contribution in [3.63, 3.8) is 0 Å². The van der Waals surface area contributed by atoms with E-state index in [1.54, 1.807) is 6.07 Å². The van der Waals surface area contributed by atoms with Crippen LogP contribution in [-0.4, -0.2) is 42.6 Å². The Balaban J connectivity index is 1.82. The molecule has 2 rings (SSSR count). The van der Waals surface area contributed by atoms with E-state index in [9.17, 15) is 4.79 Å². The second kappa shape index (κ2) is 6.91. The van der Waals surface area contributed by atoms with E-state index in [-0.39, 0.29) is 18.1 Å². The lowest BCUT2D eigenvalue weighted by Crippen LogP contribution is -2.46. The minimum atomic E-state index is 0.0367. The first-order valence-electron chi connectivity index (χ1n) is 7.48. The minimum absolute atomic E-state index is 0.0367. The van der Waals surface area contributed by atoms with E-state index in [0.717, 1.165) is 30.9 Å². The zero-order valence-corrected chi connectivity index (χ0v) is 13.1. The van der Waals surface area contributed by atoms with Gasteiger partial charge in [0.1, 0.15) is 0 Å². The van der Waals surface area contributed by atoms with E-state index >= 15 is 0 Å². The van der Waals surface area contributed by atoms with Gasteiger partial charge in [-0.2, -0.15) is 0 Å². The van der Waals surface area contributed by atoms with Crippen molar-refractivity contribution in [2.45, 2.75) is 39.4 Å². The summed E-state index contributed by atoms with van der Waals surface area (Å²) in [5.41, 5.74) is 8.23. The fourth-order valence-corrected chi connectivity index (χ4v) is 2.77. The number of nitrogens with two attached hydrogens (primary N) is 1. The summed E-state index contributed by atoms with van der Waals surface area (Å²) in [5.74, 6) is 0.0367. The zero-order chi connectivity index (χ0) is 15.4. The van der Waals surface area contributed by atoms with Crippen LogP contribution in [0.5, 0.6) is 0 Å². The summed E-state index contributed by atoms with van der Waals surface area (Å²) in [7, 11) is 0. The molecule has 1 heterocycles. The zero-order valence-electron chi connectivity index (χ0n) is 13.1. The number of anilines is 2. The SMILES string of the molecule is Cc1cc(N)ccc1NC(=O)CCN1C[C@@H](C)O[C@@H](C)C1. The number of morpholine rings is 1. The van der Waals surface area contributed by atoms with Gasteiger partial charge in [-0.05, 0) is 44.5 Å². The number of aryl methyl sites for hydroxylation is 1. The van der Waals surface area contributed by atoms with Gasteiger partial charge in [0, 0.05) is 37.4 Å². The molecular formula is C16H25N3O2. The number of rotatable bonds is 4. The highest BCUT2D eigenvalue weighted by Crippen LogP contribution is 2.18. The topological polar surface area (TPSA) is 67.6 Å². The summed E-state index contributed by atoms with van der Waals surface area (Å²) in [6.07, 6.45) is 0.954. The van der Waals surface area contributed by atoms with Gasteiger partial charge in [-0.15, -0.1) is 0 Å². The van der Waals surface area contributed by atoms with Crippen LogP contribution in [0, 0.1) is 6.92 Å². The lowest BCUT2D eigenvalue weighted by atomic mass is 10.1. The van der Waals surface area contributed by atoms with Gasteiger partial charge in [-0.1, -0.05) is 0 Å². The third-order valence-electron chi connectivity index (χ3n) is 3.67. The molecule has 1 aliphatic heterocycles. The molecule has 0 saturated carbocycles. The van der Waals surface area contributed by atoms with E-state index < -0.39 is 0 Å². The van der Waals surface area contributed by atoms with Gasteiger partial charge in [0.2, 0.25) is 5.91 Å². The molecule has 116 valence electrons. The number of ether oxygens (including phenoxy) is 1. The molecule has 5 heteroatoms. The van der Waals surface area contributed by atoms with Crippen LogP contribution >= 0.6 is 0 Å². The van der Waals surface area contributed by atoms with E-state index in [2.05, 4.69) is 24.1 Å². The Kier molecular flexibility index (Phi) is 5.20. The van der Waals surface area contributed by atoms with Gasteiger partial charge in [0.15, 0.2) is 0 Å². The van der Waals surface area contributed by atoms with Crippen LogP contribution in [0.25, 0.3) is 0 Å². The predicted octanol–water partition coefficient (Wildman–Crippen LogP) is 2.02. The number of amides is 1. The van der Waals surface area contributed by atoms with Crippen LogP contribution in [0.1, 0.15) is 25.8 Å². The summed E-state index contributed by atoms with van der Waals surface area (Å²) < 4.78 is 5.69. The Morgan fingerprint density at radius 3 is 2.67 bits per heavy atom. The molecule has 0 unspecified atom stereocenters. The maximum Gasteiger partial charge on any atom is 0.225 e. The molecule has 2 atom stereocenters. The summed E-state index contributed by atoms with van der Waals surface area (Å²) in [5, 5.41) is 2.95. The Labute approximate surface area is 126 Å². The number of carbonyl (C=O) groups is 1. The summed E-state index contributed by atoms with van der Waals surface area (Å²) in [4.78, 5) is 14.3. The van der Waals surface area contributed by atoms with Gasteiger partial charge < -0.3 is 15.8 Å². The van der Waals surface area contributed by atoms with Gasteiger partial charge in [0.25, 0.3) is 0 Å². The summed E-state index contributed by atoms with van der Waals surface area (Å²) in [6, 6.07) is 5.51. The number of hydrogen-bond donors (Lipinski definition) is 2. The average Bonchev–Trinajstić information content (AvgIpc) is 2.39. The van der Waals surface area contributed by atoms with Crippen LogP contribution in [0.4, 0.5) is 11.4 Å². The highest BCUT2D eigenvalue weighted by molar-refractivity contribution is 5.91. The Bertz CT molecular complexity index is 494. The first-order chi connectivity index (χ1) is 9.94. The molecule has 1 amide bonds. The highest BCUT2D eigenvalue weighted by Gasteiger charge is 2.22. The lowest BCUT2D eigenvalue weighted by molar-refractivity contribution is -0.117. The van der Waals surface area contributed by atoms with Crippen LogP contribution in [0.2, 0.25) is 0 Å². The number of carbonyl (C=O) groups excluding carboxylic acids is 1. The molecule has 3 N–H and O–H groups in total. The van der Waals surface area contributed by atoms with Gasteiger partial charge in [-0.25, -0.2) is 0 Å². The molecule has 1 fully saturated rings. The second-order valence-corrected chi connectivity index (χ2v) is 5.89. The summed E-state index contributed by atoms with van der Waals surface area (Å²) in [6.45, 7) is 8.62. The van der Waals surface area contributed by atoms with Crippen molar-refractivity contribution in [3.05, 3.63) is 23.8 Å². The molecule has 0 aliphatic carbocycles. The molecule has 21 heavy (non-hydrogen) atoms. The first kappa shape index (κ1) is 15.8. The van der Waals surface area contributed by atoms with Gasteiger partial charge in [-0.3, -0.25) is 9.69 Å². The fourth-order valence-electron chi connectivity index (χ4n) is 2.77. The average molecular weight is 291 g/mol. The molecule has 5 nitrogen and oxygen atoms in total. The monoisotopic (exact) mass is 291 g/mol. The summed E-state index contributed by atoms with van der Waals surface area (Å²) >= 11 is 0. The molecule has 0 spiro atoms. The molecule has 0 aromatic heterocycles. The molecular weight excluding hydrogens is 266 g/mol. The van der Waals surface area contributed by atoms with Crippen LogP contribution in [0.3, 0.4) is 0 Å². The number of hydrogen-bond acceptors (Lipinski definition) is 4. The Morgan fingerprint density at radius 2 is 2.05 bits per heavy atom. The molecule has 0 radical (unpaired) electrons. The van der Waals surface area contributed by atoms with Crippen molar-refractivity contribution in [2.75, 3.05) is 30.7 Å². The third kappa shape index (κ3) is 4.72. The molecule has 1 saturated heterocycles. The van der Waals surface area contributed by atoms with Crippen molar-refractivity contribution in [1.29, 1.82) is 0 Å². The largest absolute Gasteiger partial charge is 0.399 e. The second-order valence-electron chi connectivity index (χ2n) is 5.89. The van der Waals surface area contributed by atoms with Crippen molar-refractivity contribution >= 4 is 17.3 Å². The normalized spacial score (nSPS) is 23.0. The maximum atomic E-state index is 12.1. The molecule has 1 aromatic rings. The van der Waals surface area contributed by atoms with Gasteiger partial charge in [0.05, 0.1) is 12.2 Å². The minimum Gasteiger partial charge on any atom is -0.399 e. The highest BCUT2D eigenvalue weighted by atomic mass is 16.5. The van der Waals surface area contributed by atoms with Crippen LogP contribution < -0.4 is 11.1 Å². The van der Waals surface area contributed by atoms with Crippen molar-refractivity contribution in [3.8, 4) is 0 Å². The predicted molar refractivity (Wildman–Crippen MR) is 85.3 cm³/mol. The standard InChI is InChI=1S/C16H25N3O2/c1-11-8-14(17)4-5-15(11)18-16(20)6-7-19-9-12(2)21-13(3)10-19/h4-5,8,12-13H,6-7,9-10,17H2,1-3H3,(H,18,20)/t12-,13+. The van der Waals surface area contributed by atoms with Crippen LogP contribution in [-0.2, 0) is 9.53 Å². The molecule has 0 bridgehead atoms. The smallest absolute Gasteiger partial charge is 0.225 e. The quantitative estimate of drug-likeness (QED) is 0.833. The lowest BCUT2D eigenvalue weighted by Gasteiger charge is -2.35. The first-order valence-corrected chi connectivity index (χ1v) is 7.48. The Morgan fingerprint density at radius 1 is 1.38 bits per heavy atom. The van der Waals surface area contributed by atoms with E-state index in [1.165, 1.54) is 0 Å². The number of nitrogens with zero attached hydrogens (tertiary/aromatic N) is 1. The maximum absolute atomic E-state index is 12.1. The fraction of sp³-hybridized carbons (Fsp3) is 0.562. The van der Waals surface area contributed by atoms with E-state index in [4.69, 9.17) is 10.5 Å². The van der Waals surface area contributed by atoms with Gasteiger partial charge >= 0.3 is 0 Å². The number of nitrogens with one attached hydrogen (secondary N) is 1. The Hall–Kier alpha value is -1.59. The molecule has 1 aromatic carbocycles. The van der Waals surface area contributed by atoms with Crippen LogP contribution in [0.15, 0.2) is 18.2 Å². The van der Waals surface area contributed by atoms with Crippen molar-refractivity contribution in [2.24, 2.45) is 0 Å². The molecule has 1 aliphatic rings. The number of benzene rings is 1. The van der Waals surface area contributed by atoms with Crippen molar-refractivity contribution in [1.82, 2.24) is 4.90 Å². The third-order valence-corrected chi connectivity index (χ3v) is 3.67.